The summed E-state index contributed by atoms with van der Waals surface area (Å²) in [5.74, 6) is -0.752. The molecule has 1 aliphatic heterocycles. The van der Waals surface area contributed by atoms with E-state index in [1.165, 1.54) is 23.5 Å². The normalized spacial score (nSPS) is 15.6. The number of rotatable bonds is 4. The van der Waals surface area contributed by atoms with Crippen molar-refractivity contribution in [2.24, 2.45) is 12.0 Å². The molecular weight excluding hydrogens is 475 g/mol. The zero-order chi connectivity index (χ0) is 25.6. The fraction of sp³-hybridized carbons (Fsp3) is 0.179. The van der Waals surface area contributed by atoms with Crippen molar-refractivity contribution in [2.75, 3.05) is 5.32 Å². The van der Waals surface area contributed by atoms with E-state index in [4.69, 9.17) is 0 Å². The standard InChI is InChI=1S/C28H25FN4O2S/c1-16-14-20(18(3)32(16)4)15-23-27(35)33-25(19-10-12-21(29)13-11-19)24(17(2)30-28(33)36-23)26(34)31-22-8-6-5-7-9-22/h5-15,25H,1-4H3,(H,31,34)/b23-15+/t25-/m1/s1. The highest BCUT2D eigenvalue weighted by Gasteiger charge is 2.32. The Kier molecular flexibility index (Phi) is 6.05. The van der Waals surface area contributed by atoms with Gasteiger partial charge in [0.05, 0.1) is 21.8 Å². The van der Waals surface area contributed by atoms with Crippen molar-refractivity contribution in [1.29, 1.82) is 0 Å². The minimum absolute atomic E-state index is 0.244. The van der Waals surface area contributed by atoms with E-state index in [0.29, 0.717) is 31.9 Å². The van der Waals surface area contributed by atoms with Crippen molar-refractivity contribution in [3.05, 3.63) is 120 Å². The average Bonchev–Trinajstić information content (AvgIpc) is 3.29. The third-order valence-electron chi connectivity index (χ3n) is 6.58. The topological polar surface area (TPSA) is 68.4 Å². The number of carbonyl (C=O) groups excluding carboxylic acids is 1. The van der Waals surface area contributed by atoms with Crippen molar-refractivity contribution in [3.8, 4) is 0 Å². The fourth-order valence-electron chi connectivity index (χ4n) is 4.46. The molecule has 0 aliphatic carbocycles. The summed E-state index contributed by atoms with van der Waals surface area (Å²) in [6.45, 7) is 5.78. The summed E-state index contributed by atoms with van der Waals surface area (Å²) >= 11 is 1.28. The van der Waals surface area contributed by atoms with Crippen LogP contribution in [0.2, 0.25) is 0 Å². The smallest absolute Gasteiger partial charge is 0.271 e. The number of nitrogens with one attached hydrogen (secondary N) is 1. The van der Waals surface area contributed by atoms with Crippen molar-refractivity contribution >= 4 is 29.0 Å². The van der Waals surface area contributed by atoms with Crippen LogP contribution in [0.5, 0.6) is 0 Å². The van der Waals surface area contributed by atoms with Gasteiger partial charge in [-0.05, 0) is 68.3 Å². The van der Waals surface area contributed by atoms with Crippen LogP contribution >= 0.6 is 11.3 Å². The molecule has 0 saturated heterocycles. The lowest BCUT2D eigenvalue weighted by Gasteiger charge is -2.25. The largest absolute Gasteiger partial charge is 0.352 e. The second-order valence-corrected chi connectivity index (χ2v) is 9.85. The average molecular weight is 501 g/mol. The summed E-state index contributed by atoms with van der Waals surface area (Å²) in [5.41, 5.74) is 4.96. The molecule has 182 valence electrons. The number of carbonyl (C=O) groups is 1. The molecule has 36 heavy (non-hydrogen) atoms. The Balaban J connectivity index is 1.69. The van der Waals surface area contributed by atoms with Crippen LogP contribution in [0.3, 0.4) is 0 Å². The third kappa shape index (κ3) is 4.13. The van der Waals surface area contributed by atoms with E-state index in [-0.39, 0.29) is 11.5 Å². The van der Waals surface area contributed by atoms with E-state index in [2.05, 4.69) is 14.9 Å². The number of nitrogens with zero attached hydrogens (tertiary/aromatic N) is 3. The molecule has 1 N–H and O–H groups in total. The van der Waals surface area contributed by atoms with Crippen LogP contribution in [0.25, 0.3) is 6.08 Å². The van der Waals surface area contributed by atoms with Gasteiger partial charge in [0.2, 0.25) is 0 Å². The summed E-state index contributed by atoms with van der Waals surface area (Å²) in [5, 5.41) is 2.91. The molecular formula is C28H25FN4O2S. The van der Waals surface area contributed by atoms with Crippen molar-refractivity contribution in [3.63, 3.8) is 0 Å². The maximum absolute atomic E-state index is 13.8. The predicted molar refractivity (Wildman–Crippen MR) is 140 cm³/mol. The molecule has 0 saturated carbocycles. The maximum Gasteiger partial charge on any atom is 0.271 e. The van der Waals surface area contributed by atoms with E-state index >= 15 is 0 Å². The molecule has 3 heterocycles. The number of benzene rings is 2. The number of halogens is 1. The molecule has 0 fully saturated rings. The monoisotopic (exact) mass is 500 g/mol. The molecule has 0 unspecified atom stereocenters. The van der Waals surface area contributed by atoms with Crippen LogP contribution in [0.15, 0.2) is 81.7 Å². The zero-order valence-electron chi connectivity index (χ0n) is 20.4. The number of thiazole rings is 1. The number of anilines is 1. The van der Waals surface area contributed by atoms with Gasteiger partial charge in [-0.15, -0.1) is 0 Å². The highest BCUT2D eigenvalue weighted by atomic mass is 32.1. The summed E-state index contributed by atoms with van der Waals surface area (Å²) in [4.78, 5) is 32.4. The number of aryl methyl sites for hydroxylation is 1. The molecule has 1 amide bonds. The van der Waals surface area contributed by atoms with Gasteiger partial charge in [-0.3, -0.25) is 14.2 Å². The Morgan fingerprint density at radius 1 is 1.08 bits per heavy atom. The Morgan fingerprint density at radius 3 is 2.42 bits per heavy atom. The van der Waals surface area contributed by atoms with Gasteiger partial charge in [0, 0.05) is 24.1 Å². The Hall–Kier alpha value is -4.04. The Bertz CT molecular complexity index is 1690. The van der Waals surface area contributed by atoms with Crippen LogP contribution in [-0.4, -0.2) is 15.0 Å². The highest BCUT2D eigenvalue weighted by Crippen LogP contribution is 2.31. The quantitative estimate of drug-likeness (QED) is 0.461. The van der Waals surface area contributed by atoms with Gasteiger partial charge >= 0.3 is 0 Å². The zero-order valence-corrected chi connectivity index (χ0v) is 21.2. The Labute approximate surface area is 211 Å². The first-order valence-electron chi connectivity index (χ1n) is 11.5. The van der Waals surface area contributed by atoms with Crippen LogP contribution in [0.1, 0.15) is 35.5 Å². The second kappa shape index (κ2) is 9.20. The second-order valence-electron chi connectivity index (χ2n) is 8.84. The summed E-state index contributed by atoms with van der Waals surface area (Å²) in [7, 11) is 1.99. The number of allylic oxidation sites excluding steroid dienone is 1. The van der Waals surface area contributed by atoms with Crippen LogP contribution in [0.4, 0.5) is 10.1 Å². The Morgan fingerprint density at radius 2 is 1.78 bits per heavy atom. The molecule has 5 rings (SSSR count). The molecule has 0 radical (unpaired) electrons. The van der Waals surface area contributed by atoms with Gasteiger partial charge in [0.15, 0.2) is 4.80 Å². The van der Waals surface area contributed by atoms with Crippen LogP contribution in [-0.2, 0) is 11.8 Å². The highest BCUT2D eigenvalue weighted by molar-refractivity contribution is 7.07. The summed E-state index contributed by atoms with van der Waals surface area (Å²) < 4.78 is 17.9. The first kappa shape index (κ1) is 23.7. The first-order chi connectivity index (χ1) is 17.2. The van der Waals surface area contributed by atoms with E-state index in [0.717, 1.165) is 17.0 Å². The van der Waals surface area contributed by atoms with Crippen LogP contribution in [0, 0.1) is 19.7 Å². The number of para-hydroxylation sites is 1. The number of hydrogen-bond donors (Lipinski definition) is 1. The number of aromatic nitrogens is 2. The summed E-state index contributed by atoms with van der Waals surface area (Å²) in [6.07, 6.45) is 1.87. The number of hydrogen-bond acceptors (Lipinski definition) is 4. The van der Waals surface area contributed by atoms with Gasteiger partial charge in [-0.25, -0.2) is 9.38 Å². The lowest BCUT2D eigenvalue weighted by Crippen LogP contribution is -2.40. The molecule has 4 aromatic rings. The molecule has 8 heteroatoms. The molecule has 0 bridgehead atoms. The first-order valence-corrected chi connectivity index (χ1v) is 12.3. The predicted octanol–water partition coefficient (Wildman–Crippen LogP) is 3.97. The molecule has 2 aromatic heterocycles. The van der Waals surface area contributed by atoms with E-state index < -0.39 is 11.9 Å². The SMILES string of the molecule is CC1=C(C(=O)Nc2ccccc2)[C@@H](c2ccc(F)cc2)n2c(s/c(=C/c3cc(C)n(C)c3C)c2=O)=N1. The van der Waals surface area contributed by atoms with E-state index in [1.54, 1.807) is 35.8 Å². The molecule has 0 spiro atoms. The van der Waals surface area contributed by atoms with Crippen molar-refractivity contribution in [1.82, 2.24) is 9.13 Å². The minimum atomic E-state index is -0.744. The van der Waals surface area contributed by atoms with E-state index in [9.17, 15) is 14.0 Å². The van der Waals surface area contributed by atoms with Gasteiger partial charge in [0.1, 0.15) is 5.82 Å². The molecule has 6 nitrogen and oxygen atoms in total. The third-order valence-corrected chi connectivity index (χ3v) is 7.57. The van der Waals surface area contributed by atoms with Gasteiger partial charge in [0.25, 0.3) is 11.5 Å². The van der Waals surface area contributed by atoms with E-state index in [1.807, 2.05) is 51.2 Å². The molecule has 2 aromatic carbocycles. The van der Waals surface area contributed by atoms with Crippen molar-refractivity contribution in [2.45, 2.75) is 26.8 Å². The van der Waals surface area contributed by atoms with Crippen LogP contribution < -0.4 is 20.2 Å². The van der Waals surface area contributed by atoms with Gasteiger partial charge in [-0.2, -0.15) is 0 Å². The number of fused-ring (bicyclic) bond motifs is 1. The van der Waals surface area contributed by atoms with Gasteiger partial charge < -0.3 is 9.88 Å². The molecule has 1 aliphatic rings. The minimum Gasteiger partial charge on any atom is -0.352 e. The lowest BCUT2D eigenvalue weighted by atomic mass is 9.95. The fourth-order valence-corrected chi connectivity index (χ4v) is 5.50. The lowest BCUT2D eigenvalue weighted by molar-refractivity contribution is -0.113. The van der Waals surface area contributed by atoms with Crippen molar-refractivity contribution < 1.29 is 9.18 Å². The number of amides is 1. The maximum atomic E-state index is 13.8. The molecule has 1 atom stereocenters. The van der Waals surface area contributed by atoms with Gasteiger partial charge in [-0.1, -0.05) is 41.7 Å². The summed E-state index contributed by atoms with van der Waals surface area (Å²) in [6, 6.07) is 16.3.